The third-order valence-electron chi connectivity index (χ3n) is 5.25. The molecule has 0 N–H and O–H groups in total. The number of pyridine rings is 3. The van der Waals surface area contributed by atoms with Crippen molar-refractivity contribution in [3.05, 3.63) is 88.8 Å². The van der Waals surface area contributed by atoms with Crippen molar-refractivity contribution in [2.45, 2.75) is 86.0 Å². The molecule has 0 unspecified atom stereocenters. The van der Waals surface area contributed by atoms with Crippen molar-refractivity contribution in [1.82, 2.24) is 15.0 Å². The number of rotatable bonds is 5. The van der Waals surface area contributed by atoms with Gasteiger partial charge in [-0.25, -0.2) is 8.78 Å². The highest BCUT2D eigenvalue weighted by molar-refractivity contribution is 5.24. The van der Waals surface area contributed by atoms with E-state index in [9.17, 15) is 8.78 Å². The summed E-state index contributed by atoms with van der Waals surface area (Å²) in [7, 11) is 0. The quantitative estimate of drug-likeness (QED) is 0.387. The molecule has 0 atom stereocenters. The second kappa shape index (κ2) is 14.5. The van der Waals surface area contributed by atoms with E-state index in [-0.39, 0.29) is 11.6 Å². The molecule has 3 aromatic rings. The first kappa shape index (κ1) is 28.3. The topological polar surface area (TPSA) is 38.7 Å². The van der Waals surface area contributed by atoms with Crippen LogP contribution in [0.1, 0.15) is 106 Å². The Bertz CT molecular complexity index is 926. The SMILES string of the molecule is CC(C)c1cccnc1C(F)F.CCc1ncccc1C(C)C.Cc1ncccc1C(C)C. The number of aryl methyl sites for hydroxylation is 2. The Labute approximate surface area is 198 Å². The summed E-state index contributed by atoms with van der Waals surface area (Å²) in [6, 6.07) is 11.7. The molecule has 0 radical (unpaired) electrons. The lowest BCUT2D eigenvalue weighted by Crippen LogP contribution is -1.99. The van der Waals surface area contributed by atoms with E-state index in [1.807, 2.05) is 38.4 Å². The zero-order chi connectivity index (χ0) is 25.0. The van der Waals surface area contributed by atoms with Crippen molar-refractivity contribution in [1.29, 1.82) is 0 Å². The summed E-state index contributed by atoms with van der Waals surface area (Å²) >= 11 is 0. The first-order valence-electron chi connectivity index (χ1n) is 11.7. The van der Waals surface area contributed by atoms with Crippen LogP contribution in [-0.2, 0) is 6.42 Å². The number of hydrogen-bond donors (Lipinski definition) is 0. The highest BCUT2D eigenvalue weighted by Gasteiger charge is 2.15. The molecule has 0 aliphatic carbocycles. The summed E-state index contributed by atoms with van der Waals surface area (Å²) in [5, 5.41) is 0. The number of halogens is 2. The second-order valence-electron chi connectivity index (χ2n) is 8.81. The Morgan fingerprint density at radius 1 is 0.667 bits per heavy atom. The molecule has 33 heavy (non-hydrogen) atoms. The lowest BCUT2D eigenvalue weighted by Gasteiger charge is -2.09. The highest BCUT2D eigenvalue weighted by Crippen LogP contribution is 2.25. The smallest absolute Gasteiger partial charge is 0.261 e. The normalized spacial score (nSPS) is 10.7. The van der Waals surface area contributed by atoms with Gasteiger partial charge >= 0.3 is 0 Å². The molecule has 180 valence electrons. The molecule has 3 nitrogen and oxygen atoms in total. The predicted molar refractivity (Wildman–Crippen MR) is 134 cm³/mol. The van der Waals surface area contributed by atoms with Gasteiger partial charge in [-0.1, -0.05) is 66.7 Å². The average Bonchev–Trinajstić information content (AvgIpc) is 2.79. The maximum absolute atomic E-state index is 12.3. The summed E-state index contributed by atoms with van der Waals surface area (Å²) in [6.07, 6.45) is 3.66. The van der Waals surface area contributed by atoms with E-state index < -0.39 is 6.43 Å². The molecule has 0 saturated carbocycles. The highest BCUT2D eigenvalue weighted by atomic mass is 19.3. The van der Waals surface area contributed by atoms with Gasteiger partial charge in [0.25, 0.3) is 6.43 Å². The van der Waals surface area contributed by atoms with Gasteiger partial charge in [-0.3, -0.25) is 15.0 Å². The van der Waals surface area contributed by atoms with Gasteiger partial charge in [-0.05, 0) is 66.0 Å². The van der Waals surface area contributed by atoms with Crippen LogP contribution in [0.4, 0.5) is 8.78 Å². The van der Waals surface area contributed by atoms with Crippen LogP contribution in [0.25, 0.3) is 0 Å². The fourth-order valence-corrected chi connectivity index (χ4v) is 3.48. The third-order valence-corrected chi connectivity index (χ3v) is 5.25. The second-order valence-corrected chi connectivity index (χ2v) is 8.81. The fourth-order valence-electron chi connectivity index (χ4n) is 3.48. The molecule has 0 saturated heterocycles. The fraction of sp³-hybridized carbons (Fsp3) is 0.464. The van der Waals surface area contributed by atoms with Gasteiger partial charge in [0.15, 0.2) is 0 Å². The molecule has 3 heterocycles. The first-order chi connectivity index (χ1) is 15.6. The third kappa shape index (κ3) is 9.37. The molecule has 0 aliphatic rings. The minimum atomic E-state index is -2.47. The van der Waals surface area contributed by atoms with E-state index in [2.05, 4.69) is 68.6 Å². The molecular formula is C28H39F2N3. The molecule has 3 aromatic heterocycles. The van der Waals surface area contributed by atoms with Crippen molar-refractivity contribution in [2.75, 3.05) is 0 Å². The van der Waals surface area contributed by atoms with Gasteiger partial charge < -0.3 is 0 Å². The van der Waals surface area contributed by atoms with E-state index in [1.54, 1.807) is 12.1 Å². The molecule has 0 amide bonds. The number of alkyl halides is 2. The van der Waals surface area contributed by atoms with E-state index in [1.165, 1.54) is 23.0 Å². The van der Waals surface area contributed by atoms with Crippen LogP contribution in [0.15, 0.2) is 55.0 Å². The Hall–Kier alpha value is -2.69. The van der Waals surface area contributed by atoms with Gasteiger partial charge in [0.1, 0.15) is 5.69 Å². The van der Waals surface area contributed by atoms with Gasteiger partial charge in [0.2, 0.25) is 0 Å². The molecular weight excluding hydrogens is 416 g/mol. The summed E-state index contributed by atoms with van der Waals surface area (Å²) in [6.45, 7) is 16.7. The van der Waals surface area contributed by atoms with Gasteiger partial charge in [-0.15, -0.1) is 0 Å². The van der Waals surface area contributed by atoms with E-state index in [0.717, 1.165) is 12.1 Å². The maximum Gasteiger partial charge on any atom is 0.280 e. The summed E-state index contributed by atoms with van der Waals surface area (Å²) < 4.78 is 24.7. The van der Waals surface area contributed by atoms with Crippen LogP contribution in [0.3, 0.4) is 0 Å². The van der Waals surface area contributed by atoms with Crippen molar-refractivity contribution in [3.63, 3.8) is 0 Å². The predicted octanol–water partition coefficient (Wildman–Crippen LogP) is 8.42. The minimum Gasteiger partial charge on any atom is -0.261 e. The van der Waals surface area contributed by atoms with Crippen molar-refractivity contribution < 1.29 is 8.78 Å². The van der Waals surface area contributed by atoms with Crippen LogP contribution in [0.2, 0.25) is 0 Å². The molecule has 0 aliphatic heterocycles. The minimum absolute atomic E-state index is 0.0903. The van der Waals surface area contributed by atoms with E-state index in [4.69, 9.17) is 0 Å². The monoisotopic (exact) mass is 455 g/mol. The number of nitrogens with zero attached hydrogens (tertiary/aromatic N) is 3. The molecule has 5 heteroatoms. The standard InChI is InChI=1S/C10H15N.C9H11F2N.C9H13N/c1-4-10-9(8(2)3)6-5-7-11-10;1-6(2)7-4-3-5-12-8(7)9(10)11;1-7(2)9-5-4-6-10-8(9)3/h5-8H,4H2,1-3H3;3-6,9H,1-2H3;4-7H,1-3H3. The number of aromatic nitrogens is 3. The van der Waals surface area contributed by atoms with Gasteiger partial charge in [0, 0.05) is 30.0 Å². The van der Waals surface area contributed by atoms with E-state index >= 15 is 0 Å². The number of hydrogen-bond acceptors (Lipinski definition) is 3. The first-order valence-corrected chi connectivity index (χ1v) is 11.7. The summed E-state index contributed by atoms with van der Waals surface area (Å²) in [4.78, 5) is 12.2. The Kier molecular flexibility index (Phi) is 12.4. The zero-order valence-electron chi connectivity index (χ0n) is 21.3. The zero-order valence-corrected chi connectivity index (χ0v) is 21.3. The maximum atomic E-state index is 12.3. The molecule has 0 fully saturated rings. The molecule has 0 aromatic carbocycles. The Balaban J connectivity index is 0.000000249. The summed E-state index contributed by atoms with van der Waals surface area (Å²) in [5.74, 6) is 1.29. The van der Waals surface area contributed by atoms with Crippen LogP contribution in [-0.4, -0.2) is 15.0 Å². The van der Waals surface area contributed by atoms with Crippen molar-refractivity contribution in [3.8, 4) is 0 Å². The molecule has 3 rings (SSSR count). The van der Waals surface area contributed by atoms with Crippen LogP contribution < -0.4 is 0 Å². The molecule has 0 bridgehead atoms. The lowest BCUT2D eigenvalue weighted by atomic mass is 10.0. The lowest BCUT2D eigenvalue weighted by molar-refractivity contribution is 0.144. The van der Waals surface area contributed by atoms with Gasteiger partial charge in [0.05, 0.1) is 0 Å². The summed E-state index contributed by atoms with van der Waals surface area (Å²) in [5.41, 5.74) is 5.66. The van der Waals surface area contributed by atoms with Crippen molar-refractivity contribution >= 4 is 0 Å². The van der Waals surface area contributed by atoms with E-state index in [0.29, 0.717) is 17.4 Å². The van der Waals surface area contributed by atoms with Crippen LogP contribution in [0, 0.1) is 6.92 Å². The van der Waals surface area contributed by atoms with Crippen LogP contribution >= 0.6 is 0 Å². The van der Waals surface area contributed by atoms with Gasteiger partial charge in [-0.2, -0.15) is 0 Å². The Morgan fingerprint density at radius 2 is 1.12 bits per heavy atom. The Morgan fingerprint density at radius 3 is 1.48 bits per heavy atom. The average molecular weight is 456 g/mol. The largest absolute Gasteiger partial charge is 0.280 e. The van der Waals surface area contributed by atoms with Crippen molar-refractivity contribution in [2.24, 2.45) is 0 Å². The molecule has 0 spiro atoms. The van der Waals surface area contributed by atoms with Crippen LogP contribution in [0.5, 0.6) is 0 Å².